The summed E-state index contributed by atoms with van der Waals surface area (Å²) in [5.41, 5.74) is 2.54. The average Bonchev–Trinajstić information content (AvgIpc) is 3.03. The lowest BCUT2D eigenvalue weighted by molar-refractivity contribution is -0.672. The van der Waals surface area contributed by atoms with E-state index in [9.17, 15) is 18.0 Å². The van der Waals surface area contributed by atoms with Gasteiger partial charge in [0.25, 0.3) is 21.8 Å². The van der Waals surface area contributed by atoms with Crippen LogP contribution in [0.3, 0.4) is 0 Å². The molecule has 0 saturated carbocycles. The third kappa shape index (κ3) is 4.68. The number of aryl methyl sites for hydroxylation is 2. The van der Waals surface area contributed by atoms with Crippen molar-refractivity contribution in [2.24, 2.45) is 7.05 Å². The summed E-state index contributed by atoms with van der Waals surface area (Å²) in [4.78, 5) is 27.7. The molecular weight excluding hydrogens is 486 g/mol. The highest BCUT2D eigenvalue weighted by molar-refractivity contribution is 7.92. The molecule has 1 aromatic heterocycles. The summed E-state index contributed by atoms with van der Waals surface area (Å²) in [6.07, 6.45) is 3.71. The van der Waals surface area contributed by atoms with Gasteiger partial charge in [-0.1, -0.05) is 44.5 Å². The molecule has 182 valence electrons. The van der Waals surface area contributed by atoms with Gasteiger partial charge >= 0.3 is 0 Å². The topological polar surface area (TPSA) is 87.4 Å². The Labute approximate surface area is 210 Å². The van der Waals surface area contributed by atoms with E-state index in [0.29, 0.717) is 0 Å². The van der Waals surface area contributed by atoms with Crippen LogP contribution in [0.25, 0.3) is 0 Å². The number of carbonyl (C=O) groups excluding carboxylic acids is 2. The largest absolute Gasteiger partial charge is 0.279 e. The molecule has 1 aliphatic rings. The number of fused-ring (bicyclic) bond motifs is 1. The number of halogens is 1. The van der Waals surface area contributed by atoms with Crippen molar-refractivity contribution in [1.29, 1.82) is 0 Å². The predicted molar refractivity (Wildman–Crippen MR) is 134 cm³/mol. The summed E-state index contributed by atoms with van der Waals surface area (Å²) in [6.45, 7) is 8.06. The van der Waals surface area contributed by atoms with Gasteiger partial charge < -0.3 is 0 Å². The smallest absolute Gasteiger partial charge is 0.264 e. The number of hydrogen-bond donors (Lipinski definition) is 1. The lowest BCUT2D eigenvalue weighted by Crippen LogP contribution is -2.33. The number of nitrogens with one attached hydrogen (secondary N) is 1. The van der Waals surface area contributed by atoms with Crippen LogP contribution < -0.4 is 9.29 Å². The van der Waals surface area contributed by atoms with Gasteiger partial charge in [-0.05, 0) is 47.7 Å². The van der Waals surface area contributed by atoms with Crippen molar-refractivity contribution >= 4 is 39.1 Å². The highest BCUT2D eigenvalue weighted by Gasteiger charge is 2.40. The Morgan fingerprint density at radius 3 is 2.23 bits per heavy atom. The van der Waals surface area contributed by atoms with E-state index in [1.807, 2.05) is 57.8 Å². The first-order valence-corrected chi connectivity index (χ1v) is 12.9. The summed E-state index contributed by atoms with van der Waals surface area (Å²) < 4.78 is 30.6. The first-order valence-electron chi connectivity index (χ1n) is 11.1. The van der Waals surface area contributed by atoms with E-state index in [4.69, 9.17) is 11.6 Å². The quantitative estimate of drug-likeness (QED) is 0.406. The summed E-state index contributed by atoms with van der Waals surface area (Å²) in [6, 6.07) is 11.3. The number of hydrogen-bond acceptors (Lipinski definition) is 4. The van der Waals surface area contributed by atoms with E-state index in [0.717, 1.165) is 21.6 Å². The molecule has 0 fully saturated rings. The molecule has 0 spiro atoms. The van der Waals surface area contributed by atoms with Gasteiger partial charge in [0.1, 0.15) is 7.05 Å². The maximum absolute atomic E-state index is 13.4. The Balaban J connectivity index is 1.69. The molecule has 4 rings (SSSR count). The maximum Gasteiger partial charge on any atom is 0.264 e. The minimum atomic E-state index is -4.02. The molecule has 0 aliphatic carbocycles. The molecule has 0 bridgehead atoms. The van der Waals surface area contributed by atoms with Gasteiger partial charge in [-0.3, -0.25) is 19.2 Å². The first kappa shape index (κ1) is 24.9. The Morgan fingerprint density at radius 1 is 0.971 bits per heavy atom. The third-order valence-electron chi connectivity index (χ3n) is 6.10. The minimum Gasteiger partial charge on any atom is -0.279 e. The van der Waals surface area contributed by atoms with Gasteiger partial charge in [0.2, 0.25) is 0 Å². The zero-order valence-electron chi connectivity index (χ0n) is 20.2. The molecule has 0 radical (unpaired) electrons. The van der Waals surface area contributed by atoms with Crippen molar-refractivity contribution in [1.82, 2.24) is 4.90 Å². The number of imide groups is 1. The Bertz CT molecular complexity index is 1460. The molecule has 2 aromatic carbocycles. The van der Waals surface area contributed by atoms with Gasteiger partial charge in [-0.25, -0.2) is 13.0 Å². The van der Waals surface area contributed by atoms with Crippen molar-refractivity contribution in [3.8, 4) is 0 Å². The molecule has 35 heavy (non-hydrogen) atoms. The fourth-order valence-electron chi connectivity index (χ4n) is 4.00. The Kier molecular flexibility index (Phi) is 6.23. The van der Waals surface area contributed by atoms with Gasteiger partial charge in [-0.2, -0.15) is 0 Å². The van der Waals surface area contributed by atoms with Crippen molar-refractivity contribution in [2.45, 2.75) is 44.6 Å². The van der Waals surface area contributed by atoms with E-state index >= 15 is 0 Å². The molecule has 2 amide bonds. The fraction of sp³-hybridized carbons (Fsp3) is 0.269. The predicted octanol–water partition coefficient (Wildman–Crippen LogP) is 4.37. The van der Waals surface area contributed by atoms with Crippen LogP contribution in [-0.4, -0.2) is 25.1 Å². The monoisotopic (exact) mass is 512 g/mol. The number of anilines is 1. The van der Waals surface area contributed by atoms with Crippen LogP contribution in [-0.2, 0) is 29.0 Å². The number of nitrogens with zero attached hydrogens (tertiary/aromatic N) is 2. The first-order chi connectivity index (χ1) is 16.3. The van der Waals surface area contributed by atoms with Crippen LogP contribution in [0.2, 0.25) is 5.02 Å². The Hall–Kier alpha value is -3.23. The van der Waals surface area contributed by atoms with E-state index < -0.39 is 21.8 Å². The number of aromatic nitrogens is 1. The van der Waals surface area contributed by atoms with Gasteiger partial charge in [0.15, 0.2) is 12.4 Å². The lowest BCUT2D eigenvalue weighted by atomic mass is 9.87. The van der Waals surface area contributed by atoms with E-state index in [2.05, 4.69) is 4.72 Å². The molecule has 7 nitrogen and oxygen atoms in total. The molecule has 1 aliphatic heterocycles. The fourth-order valence-corrected chi connectivity index (χ4v) is 5.31. The number of sulfonamides is 1. The highest BCUT2D eigenvalue weighted by atomic mass is 35.5. The summed E-state index contributed by atoms with van der Waals surface area (Å²) >= 11 is 6.29. The van der Waals surface area contributed by atoms with E-state index in [-0.39, 0.29) is 38.7 Å². The maximum atomic E-state index is 13.4. The van der Waals surface area contributed by atoms with Crippen LogP contribution in [0.1, 0.15) is 58.2 Å². The number of rotatable bonds is 5. The molecule has 0 unspecified atom stereocenters. The average molecular weight is 513 g/mol. The van der Waals surface area contributed by atoms with Crippen LogP contribution in [0.5, 0.6) is 0 Å². The summed E-state index contributed by atoms with van der Waals surface area (Å²) in [5, 5.41) is 0.0914. The van der Waals surface area contributed by atoms with Crippen LogP contribution in [0.4, 0.5) is 5.69 Å². The van der Waals surface area contributed by atoms with Crippen molar-refractivity contribution in [3.63, 3.8) is 0 Å². The second kappa shape index (κ2) is 8.77. The van der Waals surface area contributed by atoms with Crippen LogP contribution in [0.15, 0.2) is 59.8 Å². The molecule has 0 atom stereocenters. The van der Waals surface area contributed by atoms with Crippen molar-refractivity contribution < 1.29 is 22.6 Å². The third-order valence-corrected chi connectivity index (χ3v) is 7.80. The SMILES string of the molecule is Cc1cc[n+](C)cc1CN1C(=O)c2c(Cl)ccc(NS(=O)(=O)c3ccc(C(C)(C)C)cc3)c2C1=O. The molecule has 9 heteroatoms. The van der Waals surface area contributed by atoms with Gasteiger partial charge in [0.05, 0.1) is 33.3 Å². The lowest BCUT2D eigenvalue weighted by Gasteiger charge is -2.19. The van der Waals surface area contributed by atoms with E-state index in [1.165, 1.54) is 24.3 Å². The molecule has 3 aromatic rings. The normalized spacial score (nSPS) is 13.8. The second-order valence-electron chi connectivity index (χ2n) is 9.74. The summed E-state index contributed by atoms with van der Waals surface area (Å²) in [5.74, 6) is -1.16. The number of pyridine rings is 1. The van der Waals surface area contributed by atoms with Crippen molar-refractivity contribution in [2.75, 3.05) is 4.72 Å². The molecule has 1 N–H and O–H groups in total. The zero-order valence-corrected chi connectivity index (χ0v) is 21.8. The standard InChI is InChI=1S/C26H26ClN3O4S/c1-16-12-13-29(5)14-17(16)15-30-24(31)22-20(27)10-11-21(23(22)25(30)32)28-35(33,34)19-8-6-18(7-9-19)26(2,3)4/h6-14H,15H2,1-5H3/p+1. The minimum absolute atomic E-state index is 0.00194. The summed E-state index contributed by atoms with van der Waals surface area (Å²) in [7, 11) is -2.17. The molecule has 0 saturated heterocycles. The van der Waals surface area contributed by atoms with Gasteiger partial charge in [-0.15, -0.1) is 0 Å². The molecule has 2 heterocycles. The highest BCUT2D eigenvalue weighted by Crippen LogP contribution is 2.36. The van der Waals surface area contributed by atoms with E-state index in [1.54, 1.807) is 12.1 Å². The van der Waals surface area contributed by atoms with Gasteiger partial charge in [0, 0.05) is 11.6 Å². The number of benzene rings is 2. The Morgan fingerprint density at radius 2 is 1.60 bits per heavy atom. The number of amides is 2. The van der Waals surface area contributed by atoms with Crippen LogP contribution in [0, 0.1) is 6.92 Å². The second-order valence-corrected chi connectivity index (χ2v) is 11.8. The van der Waals surface area contributed by atoms with Crippen LogP contribution >= 0.6 is 11.6 Å². The number of carbonyl (C=O) groups is 2. The zero-order chi connectivity index (χ0) is 25.7. The molecular formula is C26H27ClN3O4S+. The van der Waals surface area contributed by atoms with Crippen molar-refractivity contribution in [3.05, 3.63) is 87.7 Å².